The standard InChI is InChI=1S/C12H13BrN4O2/c1-7(5-14)16-12-9-4-8(13)2-3-10(9)15-6-11(12)17(18)19/h2-4,6-7H,5,14H2,1H3,(H,15,16). The number of nitrogens with zero attached hydrogens (tertiary/aromatic N) is 2. The second kappa shape index (κ2) is 5.50. The molecule has 0 fully saturated rings. The number of nitrogens with one attached hydrogen (secondary N) is 1. The van der Waals surface area contributed by atoms with Gasteiger partial charge < -0.3 is 11.1 Å². The average Bonchev–Trinajstić information content (AvgIpc) is 2.38. The van der Waals surface area contributed by atoms with Gasteiger partial charge in [0.1, 0.15) is 11.9 Å². The molecular weight excluding hydrogens is 312 g/mol. The first-order valence-corrected chi connectivity index (χ1v) is 6.51. The maximum atomic E-state index is 11.1. The number of halogens is 1. The first-order valence-electron chi connectivity index (χ1n) is 5.72. The molecule has 7 heteroatoms. The Labute approximate surface area is 118 Å². The van der Waals surface area contributed by atoms with Crippen molar-refractivity contribution in [1.82, 2.24) is 4.98 Å². The zero-order valence-corrected chi connectivity index (χ0v) is 11.8. The number of hydrogen-bond donors (Lipinski definition) is 2. The quantitative estimate of drug-likeness (QED) is 0.666. The van der Waals surface area contributed by atoms with E-state index in [1.807, 2.05) is 13.0 Å². The van der Waals surface area contributed by atoms with Crippen LogP contribution >= 0.6 is 15.9 Å². The van der Waals surface area contributed by atoms with Gasteiger partial charge in [-0.1, -0.05) is 15.9 Å². The highest BCUT2D eigenvalue weighted by molar-refractivity contribution is 9.10. The predicted octanol–water partition coefficient (Wildman–Crippen LogP) is 2.66. The van der Waals surface area contributed by atoms with Crippen LogP contribution in [0.1, 0.15) is 6.92 Å². The molecule has 1 heterocycles. The van der Waals surface area contributed by atoms with Gasteiger partial charge in [0.15, 0.2) is 0 Å². The lowest BCUT2D eigenvalue weighted by atomic mass is 10.1. The minimum atomic E-state index is -0.446. The zero-order valence-electron chi connectivity index (χ0n) is 10.3. The van der Waals surface area contributed by atoms with Gasteiger partial charge in [-0.2, -0.15) is 0 Å². The number of rotatable bonds is 4. The van der Waals surface area contributed by atoms with Crippen molar-refractivity contribution in [2.75, 3.05) is 11.9 Å². The molecule has 100 valence electrons. The molecule has 0 spiro atoms. The third-order valence-electron chi connectivity index (χ3n) is 2.75. The zero-order chi connectivity index (χ0) is 14.0. The van der Waals surface area contributed by atoms with Crippen LogP contribution in [0.25, 0.3) is 10.9 Å². The van der Waals surface area contributed by atoms with Gasteiger partial charge in [0.25, 0.3) is 0 Å². The van der Waals surface area contributed by atoms with Crippen LogP contribution in [0.5, 0.6) is 0 Å². The monoisotopic (exact) mass is 324 g/mol. The van der Waals surface area contributed by atoms with E-state index in [0.29, 0.717) is 23.1 Å². The molecule has 0 saturated carbocycles. The smallest absolute Gasteiger partial charge is 0.311 e. The molecule has 2 aromatic rings. The minimum absolute atomic E-state index is 0.0501. The van der Waals surface area contributed by atoms with Crippen LogP contribution in [0.15, 0.2) is 28.9 Å². The molecule has 0 radical (unpaired) electrons. The maximum absolute atomic E-state index is 11.1. The van der Waals surface area contributed by atoms with Gasteiger partial charge >= 0.3 is 5.69 Å². The highest BCUT2D eigenvalue weighted by atomic mass is 79.9. The number of anilines is 1. The topological polar surface area (TPSA) is 94.1 Å². The highest BCUT2D eigenvalue weighted by Gasteiger charge is 2.19. The molecule has 1 aromatic heterocycles. The van der Waals surface area contributed by atoms with Crippen LogP contribution in [-0.4, -0.2) is 22.5 Å². The second-order valence-corrected chi connectivity index (χ2v) is 5.13. The Hall–Kier alpha value is -1.73. The fourth-order valence-electron chi connectivity index (χ4n) is 1.75. The van der Waals surface area contributed by atoms with Gasteiger partial charge in [0, 0.05) is 22.4 Å². The summed E-state index contributed by atoms with van der Waals surface area (Å²) in [7, 11) is 0. The van der Waals surface area contributed by atoms with E-state index in [-0.39, 0.29) is 11.7 Å². The number of nitrogens with two attached hydrogens (primary N) is 1. The first-order chi connectivity index (χ1) is 9.02. The molecule has 1 unspecified atom stereocenters. The Morgan fingerprint density at radius 2 is 2.32 bits per heavy atom. The van der Waals surface area contributed by atoms with Crippen LogP contribution in [0, 0.1) is 10.1 Å². The number of aromatic nitrogens is 1. The molecule has 1 aromatic carbocycles. The van der Waals surface area contributed by atoms with Gasteiger partial charge in [-0.15, -0.1) is 0 Å². The largest absolute Gasteiger partial charge is 0.375 e. The van der Waals surface area contributed by atoms with E-state index in [2.05, 4.69) is 26.2 Å². The molecule has 0 saturated heterocycles. The number of fused-ring (bicyclic) bond motifs is 1. The van der Waals surface area contributed by atoms with Crippen molar-refractivity contribution in [3.63, 3.8) is 0 Å². The molecule has 2 rings (SSSR count). The fraction of sp³-hybridized carbons (Fsp3) is 0.250. The fourth-order valence-corrected chi connectivity index (χ4v) is 2.11. The van der Waals surface area contributed by atoms with Crippen molar-refractivity contribution in [2.24, 2.45) is 5.73 Å². The Morgan fingerprint density at radius 3 is 2.95 bits per heavy atom. The summed E-state index contributed by atoms with van der Waals surface area (Å²) in [6, 6.07) is 5.39. The van der Waals surface area contributed by atoms with Gasteiger partial charge in [0.05, 0.1) is 10.4 Å². The lowest BCUT2D eigenvalue weighted by molar-refractivity contribution is -0.384. The van der Waals surface area contributed by atoms with E-state index in [1.165, 1.54) is 6.20 Å². The van der Waals surface area contributed by atoms with E-state index < -0.39 is 4.92 Å². The second-order valence-electron chi connectivity index (χ2n) is 4.22. The SMILES string of the molecule is CC(CN)Nc1c([N+](=O)[O-])cnc2ccc(Br)cc12. The molecule has 19 heavy (non-hydrogen) atoms. The number of hydrogen-bond acceptors (Lipinski definition) is 5. The maximum Gasteiger partial charge on any atom is 0.311 e. The molecular formula is C12H13BrN4O2. The summed E-state index contributed by atoms with van der Waals surface area (Å²) in [5.41, 5.74) is 6.66. The minimum Gasteiger partial charge on any atom is -0.375 e. The number of pyridine rings is 1. The van der Waals surface area contributed by atoms with E-state index in [4.69, 9.17) is 5.73 Å². The van der Waals surface area contributed by atoms with Crippen molar-refractivity contribution in [1.29, 1.82) is 0 Å². The third kappa shape index (κ3) is 2.82. The summed E-state index contributed by atoms with van der Waals surface area (Å²) in [6.45, 7) is 2.25. The molecule has 0 bridgehead atoms. The van der Waals surface area contributed by atoms with Crippen molar-refractivity contribution < 1.29 is 4.92 Å². The third-order valence-corrected chi connectivity index (χ3v) is 3.24. The Kier molecular flexibility index (Phi) is 3.96. The van der Waals surface area contributed by atoms with Crippen molar-refractivity contribution >= 4 is 38.2 Å². The lowest BCUT2D eigenvalue weighted by Crippen LogP contribution is -2.25. The van der Waals surface area contributed by atoms with E-state index >= 15 is 0 Å². The van der Waals surface area contributed by atoms with Crippen LogP contribution < -0.4 is 11.1 Å². The summed E-state index contributed by atoms with van der Waals surface area (Å²) in [6.07, 6.45) is 1.27. The Morgan fingerprint density at radius 1 is 1.58 bits per heavy atom. The van der Waals surface area contributed by atoms with E-state index in [9.17, 15) is 10.1 Å². The Bertz CT molecular complexity index is 632. The molecule has 0 aliphatic rings. The van der Waals surface area contributed by atoms with Crippen LogP contribution in [-0.2, 0) is 0 Å². The summed E-state index contributed by atoms with van der Waals surface area (Å²) < 4.78 is 0.839. The van der Waals surface area contributed by atoms with E-state index in [1.54, 1.807) is 12.1 Å². The lowest BCUT2D eigenvalue weighted by Gasteiger charge is -2.15. The van der Waals surface area contributed by atoms with Gasteiger partial charge in [0.2, 0.25) is 0 Å². The summed E-state index contributed by atoms with van der Waals surface area (Å²) >= 11 is 3.36. The number of nitro groups is 1. The van der Waals surface area contributed by atoms with Crippen LogP contribution in [0.3, 0.4) is 0 Å². The number of benzene rings is 1. The van der Waals surface area contributed by atoms with Crippen molar-refractivity contribution in [3.8, 4) is 0 Å². The molecule has 0 amide bonds. The summed E-state index contributed by atoms with van der Waals surface area (Å²) in [5.74, 6) is 0. The molecule has 6 nitrogen and oxygen atoms in total. The highest BCUT2D eigenvalue weighted by Crippen LogP contribution is 2.33. The van der Waals surface area contributed by atoms with E-state index in [0.717, 1.165) is 4.47 Å². The van der Waals surface area contributed by atoms with Crippen LogP contribution in [0.2, 0.25) is 0 Å². The summed E-state index contributed by atoms with van der Waals surface area (Å²) in [4.78, 5) is 14.8. The van der Waals surface area contributed by atoms with Crippen LogP contribution in [0.4, 0.5) is 11.4 Å². The van der Waals surface area contributed by atoms with Crippen molar-refractivity contribution in [3.05, 3.63) is 39.0 Å². The predicted molar refractivity (Wildman–Crippen MR) is 78.2 cm³/mol. The van der Waals surface area contributed by atoms with Crippen molar-refractivity contribution in [2.45, 2.75) is 13.0 Å². The summed E-state index contributed by atoms with van der Waals surface area (Å²) in [5, 5.41) is 14.9. The normalized spacial score (nSPS) is 12.4. The molecule has 0 aliphatic heterocycles. The molecule has 1 atom stereocenters. The molecule has 3 N–H and O–H groups in total. The van der Waals surface area contributed by atoms with Gasteiger partial charge in [-0.25, -0.2) is 4.98 Å². The molecule has 0 aliphatic carbocycles. The van der Waals surface area contributed by atoms with Gasteiger partial charge in [-0.05, 0) is 25.1 Å². The van der Waals surface area contributed by atoms with Gasteiger partial charge in [-0.3, -0.25) is 10.1 Å². The Balaban J connectivity index is 2.67. The first kappa shape index (κ1) is 13.7. The average molecular weight is 325 g/mol.